The van der Waals surface area contributed by atoms with Gasteiger partial charge in [-0.05, 0) is 49.9 Å². The zero-order valence-electron chi connectivity index (χ0n) is 13.7. The molecule has 1 fully saturated rings. The lowest BCUT2D eigenvalue weighted by Crippen LogP contribution is -2.40. The van der Waals surface area contributed by atoms with Crippen LogP contribution in [0.5, 0.6) is 0 Å². The third-order valence-electron chi connectivity index (χ3n) is 4.32. The smallest absolute Gasteiger partial charge is 0.239 e. The van der Waals surface area contributed by atoms with Gasteiger partial charge in [0.15, 0.2) is 0 Å². The fourth-order valence-electron chi connectivity index (χ4n) is 3.22. The number of rotatable bonds is 4. The molecular formula is C17H23N5O. The van der Waals surface area contributed by atoms with Gasteiger partial charge in [0, 0.05) is 32.1 Å². The summed E-state index contributed by atoms with van der Waals surface area (Å²) < 4.78 is 1.70. The maximum Gasteiger partial charge on any atom is 0.239 e. The van der Waals surface area contributed by atoms with Crippen molar-refractivity contribution in [1.82, 2.24) is 19.7 Å². The van der Waals surface area contributed by atoms with E-state index in [9.17, 15) is 4.79 Å². The first-order valence-corrected chi connectivity index (χ1v) is 8.04. The highest BCUT2D eigenvalue weighted by Crippen LogP contribution is 2.26. The van der Waals surface area contributed by atoms with E-state index in [0.717, 1.165) is 31.0 Å². The van der Waals surface area contributed by atoms with Gasteiger partial charge in [0.25, 0.3) is 0 Å². The molecule has 1 N–H and O–H groups in total. The lowest BCUT2D eigenvalue weighted by Gasteiger charge is -2.32. The third-order valence-corrected chi connectivity index (χ3v) is 4.32. The molecule has 2 aromatic rings. The second-order valence-corrected chi connectivity index (χ2v) is 6.20. The molecular weight excluding hydrogens is 290 g/mol. The Balaban J connectivity index is 1.57. The molecule has 2 aromatic heterocycles. The molecule has 0 aliphatic carbocycles. The Hall–Kier alpha value is -2.21. The highest BCUT2D eigenvalue weighted by atomic mass is 16.2. The van der Waals surface area contributed by atoms with Gasteiger partial charge in [-0.3, -0.25) is 19.4 Å². The van der Waals surface area contributed by atoms with E-state index in [1.54, 1.807) is 4.68 Å². The van der Waals surface area contributed by atoms with E-state index in [1.165, 1.54) is 12.0 Å². The van der Waals surface area contributed by atoms with E-state index in [0.29, 0.717) is 12.5 Å². The minimum Gasteiger partial charge on any atom is -0.310 e. The molecule has 1 aliphatic heterocycles. The van der Waals surface area contributed by atoms with Gasteiger partial charge in [-0.25, -0.2) is 0 Å². The topological polar surface area (TPSA) is 63.1 Å². The van der Waals surface area contributed by atoms with Crippen molar-refractivity contribution in [3.63, 3.8) is 0 Å². The molecule has 0 spiro atoms. The maximum atomic E-state index is 12.3. The van der Waals surface area contributed by atoms with Crippen molar-refractivity contribution in [3.05, 3.63) is 41.9 Å². The number of carbonyl (C=O) groups is 1. The van der Waals surface area contributed by atoms with Crippen LogP contribution in [0.2, 0.25) is 0 Å². The molecule has 0 radical (unpaired) electrons. The Morgan fingerprint density at radius 1 is 1.39 bits per heavy atom. The predicted molar refractivity (Wildman–Crippen MR) is 89.2 cm³/mol. The monoisotopic (exact) mass is 313 g/mol. The van der Waals surface area contributed by atoms with Gasteiger partial charge >= 0.3 is 0 Å². The number of nitrogens with one attached hydrogen (secondary N) is 1. The number of nitrogens with zero attached hydrogens (tertiary/aromatic N) is 4. The van der Waals surface area contributed by atoms with Crippen molar-refractivity contribution in [2.75, 3.05) is 25.0 Å². The van der Waals surface area contributed by atoms with Gasteiger partial charge in [-0.1, -0.05) is 0 Å². The Morgan fingerprint density at radius 2 is 2.17 bits per heavy atom. The number of carbonyl (C=O) groups excluding carboxylic acids is 1. The first kappa shape index (κ1) is 15.7. The van der Waals surface area contributed by atoms with Crippen LogP contribution in [0.4, 0.5) is 5.82 Å². The molecule has 0 bridgehead atoms. The van der Waals surface area contributed by atoms with Crippen LogP contribution in [-0.4, -0.2) is 45.2 Å². The predicted octanol–water partition coefficient (Wildman–Crippen LogP) is 1.94. The number of hydrogen-bond acceptors (Lipinski definition) is 4. The fraction of sp³-hybridized carbons (Fsp3) is 0.471. The van der Waals surface area contributed by atoms with Crippen LogP contribution in [0, 0.1) is 6.92 Å². The number of likely N-dealkylation sites (tertiary alicyclic amines) is 1. The van der Waals surface area contributed by atoms with Crippen LogP contribution in [0.1, 0.15) is 30.0 Å². The minimum absolute atomic E-state index is 0.0170. The average molecular weight is 313 g/mol. The molecule has 3 rings (SSSR count). The van der Waals surface area contributed by atoms with Gasteiger partial charge in [0.1, 0.15) is 5.82 Å². The second-order valence-electron chi connectivity index (χ2n) is 6.20. The standard InChI is InChI=1S/C17H23N5O/c1-13-10-16(21(2)20-13)19-17(23)12-22-9-3-4-15(11-22)14-5-7-18-8-6-14/h5-8,10,15H,3-4,9,11-12H2,1-2H3,(H,19,23). The first-order chi connectivity index (χ1) is 11.1. The Morgan fingerprint density at radius 3 is 2.87 bits per heavy atom. The summed E-state index contributed by atoms with van der Waals surface area (Å²) in [6, 6.07) is 6.03. The molecule has 1 saturated heterocycles. The Labute approximate surface area is 136 Å². The van der Waals surface area contributed by atoms with Crippen molar-refractivity contribution >= 4 is 11.7 Å². The average Bonchev–Trinajstić information content (AvgIpc) is 2.86. The van der Waals surface area contributed by atoms with Gasteiger partial charge in [0.2, 0.25) is 5.91 Å². The summed E-state index contributed by atoms with van der Waals surface area (Å²) in [4.78, 5) is 18.6. The van der Waals surface area contributed by atoms with E-state index in [1.807, 2.05) is 32.4 Å². The van der Waals surface area contributed by atoms with Crippen LogP contribution < -0.4 is 5.32 Å². The quantitative estimate of drug-likeness (QED) is 0.937. The van der Waals surface area contributed by atoms with Crippen molar-refractivity contribution < 1.29 is 4.79 Å². The number of hydrogen-bond donors (Lipinski definition) is 1. The summed E-state index contributed by atoms with van der Waals surface area (Å²) in [6.45, 7) is 4.23. The van der Waals surface area contributed by atoms with E-state index in [4.69, 9.17) is 0 Å². The lowest BCUT2D eigenvalue weighted by molar-refractivity contribution is -0.117. The summed E-state index contributed by atoms with van der Waals surface area (Å²) in [5.74, 6) is 1.25. The number of piperidine rings is 1. The zero-order chi connectivity index (χ0) is 16.2. The van der Waals surface area contributed by atoms with Crippen molar-refractivity contribution in [3.8, 4) is 0 Å². The highest BCUT2D eigenvalue weighted by Gasteiger charge is 2.23. The Bertz CT molecular complexity index is 667. The Kier molecular flexibility index (Phi) is 4.71. The molecule has 6 nitrogen and oxygen atoms in total. The second kappa shape index (κ2) is 6.91. The van der Waals surface area contributed by atoms with Crippen LogP contribution >= 0.6 is 0 Å². The summed E-state index contributed by atoms with van der Waals surface area (Å²) in [7, 11) is 1.84. The van der Waals surface area contributed by atoms with Gasteiger partial charge in [-0.15, -0.1) is 0 Å². The molecule has 0 aromatic carbocycles. The van der Waals surface area contributed by atoms with Gasteiger partial charge < -0.3 is 5.32 Å². The van der Waals surface area contributed by atoms with Crippen molar-refractivity contribution in [2.24, 2.45) is 7.05 Å². The van der Waals surface area contributed by atoms with Crippen LogP contribution in [0.15, 0.2) is 30.6 Å². The van der Waals surface area contributed by atoms with Crippen molar-refractivity contribution in [1.29, 1.82) is 0 Å². The normalized spacial score (nSPS) is 18.8. The molecule has 3 heterocycles. The number of aromatic nitrogens is 3. The molecule has 0 saturated carbocycles. The number of aryl methyl sites for hydroxylation is 2. The first-order valence-electron chi connectivity index (χ1n) is 8.04. The summed E-state index contributed by atoms with van der Waals surface area (Å²) in [5.41, 5.74) is 2.21. The van der Waals surface area contributed by atoms with Gasteiger partial charge in [0.05, 0.1) is 12.2 Å². The molecule has 122 valence electrons. The van der Waals surface area contributed by atoms with E-state index < -0.39 is 0 Å². The van der Waals surface area contributed by atoms with Gasteiger partial charge in [-0.2, -0.15) is 5.10 Å². The van der Waals surface area contributed by atoms with E-state index in [2.05, 4.69) is 32.4 Å². The fourth-order valence-corrected chi connectivity index (χ4v) is 3.22. The number of anilines is 1. The highest BCUT2D eigenvalue weighted by molar-refractivity contribution is 5.91. The van der Waals surface area contributed by atoms with Crippen LogP contribution in [-0.2, 0) is 11.8 Å². The summed E-state index contributed by atoms with van der Waals surface area (Å²) >= 11 is 0. The maximum absolute atomic E-state index is 12.3. The summed E-state index contributed by atoms with van der Waals surface area (Å²) in [6.07, 6.45) is 5.96. The molecule has 1 aliphatic rings. The lowest BCUT2D eigenvalue weighted by atomic mass is 9.91. The van der Waals surface area contributed by atoms with E-state index in [-0.39, 0.29) is 5.91 Å². The third kappa shape index (κ3) is 3.96. The SMILES string of the molecule is Cc1cc(NC(=O)CN2CCCC(c3ccncc3)C2)n(C)n1. The molecule has 6 heteroatoms. The van der Waals surface area contributed by atoms with Crippen LogP contribution in [0.3, 0.4) is 0 Å². The molecule has 1 amide bonds. The largest absolute Gasteiger partial charge is 0.310 e. The molecule has 23 heavy (non-hydrogen) atoms. The van der Waals surface area contributed by atoms with E-state index >= 15 is 0 Å². The summed E-state index contributed by atoms with van der Waals surface area (Å²) in [5, 5.41) is 7.19. The number of amides is 1. The minimum atomic E-state index is 0.0170. The van der Waals surface area contributed by atoms with Crippen LogP contribution in [0.25, 0.3) is 0 Å². The zero-order valence-corrected chi connectivity index (χ0v) is 13.7. The molecule has 1 unspecified atom stereocenters. The number of pyridine rings is 1. The molecule has 1 atom stereocenters. The van der Waals surface area contributed by atoms with Crippen molar-refractivity contribution in [2.45, 2.75) is 25.7 Å².